The standard InChI is InChI=1S/C17H21ClN4O/c1-11(8-14-6-4-5-7-16(14)18)17(23)21-9-15(10-21)22-13(3)19-12(2)20-22/h4-7,11,15H,8-10H2,1-3H3. The second kappa shape index (κ2) is 6.32. The minimum Gasteiger partial charge on any atom is -0.338 e. The third-order valence-electron chi connectivity index (χ3n) is 4.33. The van der Waals surface area contributed by atoms with Crippen molar-refractivity contribution in [2.24, 2.45) is 5.92 Å². The summed E-state index contributed by atoms with van der Waals surface area (Å²) >= 11 is 6.18. The molecule has 2 heterocycles. The Labute approximate surface area is 141 Å². The van der Waals surface area contributed by atoms with E-state index in [1.807, 2.05) is 54.6 Å². The maximum absolute atomic E-state index is 12.5. The Bertz CT molecular complexity index is 721. The summed E-state index contributed by atoms with van der Waals surface area (Å²) in [7, 11) is 0. The number of halogens is 1. The molecule has 122 valence electrons. The Balaban J connectivity index is 1.58. The molecule has 1 unspecified atom stereocenters. The van der Waals surface area contributed by atoms with Crippen LogP contribution in [0.4, 0.5) is 0 Å². The van der Waals surface area contributed by atoms with Gasteiger partial charge in [0.25, 0.3) is 0 Å². The fourth-order valence-corrected chi connectivity index (χ4v) is 3.28. The number of carbonyl (C=O) groups is 1. The van der Waals surface area contributed by atoms with Gasteiger partial charge in [-0.15, -0.1) is 0 Å². The van der Waals surface area contributed by atoms with Crippen molar-refractivity contribution >= 4 is 17.5 Å². The lowest BCUT2D eigenvalue weighted by Gasteiger charge is -2.40. The van der Waals surface area contributed by atoms with Gasteiger partial charge in [0.1, 0.15) is 11.6 Å². The average Bonchev–Trinajstić information content (AvgIpc) is 2.78. The van der Waals surface area contributed by atoms with E-state index in [0.29, 0.717) is 19.5 Å². The minimum atomic E-state index is -0.0746. The molecule has 0 saturated carbocycles. The van der Waals surface area contributed by atoms with E-state index < -0.39 is 0 Å². The minimum absolute atomic E-state index is 0.0746. The van der Waals surface area contributed by atoms with Crippen LogP contribution in [0.25, 0.3) is 0 Å². The third kappa shape index (κ3) is 3.24. The van der Waals surface area contributed by atoms with Gasteiger partial charge in [-0.2, -0.15) is 5.10 Å². The van der Waals surface area contributed by atoms with Gasteiger partial charge in [-0.3, -0.25) is 4.79 Å². The fourth-order valence-electron chi connectivity index (χ4n) is 3.06. The average molecular weight is 333 g/mol. The van der Waals surface area contributed by atoms with Crippen molar-refractivity contribution in [2.45, 2.75) is 33.2 Å². The molecule has 2 aromatic rings. The highest BCUT2D eigenvalue weighted by Crippen LogP contribution is 2.26. The number of aryl methyl sites for hydroxylation is 2. The normalized spacial score (nSPS) is 16.3. The lowest BCUT2D eigenvalue weighted by atomic mass is 9.97. The topological polar surface area (TPSA) is 51.0 Å². The Morgan fingerprint density at radius 2 is 2.04 bits per heavy atom. The summed E-state index contributed by atoms with van der Waals surface area (Å²) in [5.74, 6) is 1.79. The summed E-state index contributed by atoms with van der Waals surface area (Å²) in [4.78, 5) is 18.8. The Kier molecular flexibility index (Phi) is 4.39. The van der Waals surface area contributed by atoms with E-state index in [1.165, 1.54) is 0 Å². The fraction of sp³-hybridized carbons (Fsp3) is 0.471. The number of rotatable bonds is 4. The Morgan fingerprint density at radius 3 is 2.65 bits per heavy atom. The van der Waals surface area contributed by atoms with Gasteiger partial charge in [0, 0.05) is 24.0 Å². The number of hydrogen-bond acceptors (Lipinski definition) is 3. The molecular formula is C17H21ClN4O. The molecule has 0 radical (unpaired) electrons. The highest BCUT2D eigenvalue weighted by atomic mass is 35.5. The van der Waals surface area contributed by atoms with E-state index in [0.717, 1.165) is 22.2 Å². The smallest absolute Gasteiger partial charge is 0.225 e. The molecule has 0 aliphatic carbocycles. The van der Waals surface area contributed by atoms with Crippen molar-refractivity contribution in [1.82, 2.24) is 19.7 Å². The zero-order valence-corrected chi connectivity index (χ0v) is 14.4. The van der Waals surface area contributed by atoms with Crippen LogP contribution in [0.2, 0.25) is 5.02 Å². The second-order valence-electron chi connectivity index (χ2n) is 6.24. The maximum Gasteiger partial charge on any atom is 0.225 e. The molecule has 1 aliphatic rings. The lowest BCUT2D eigenvalue weighted by molar-refractivity contribution is -0.141. The molecule has 23 heavy (non-hydrogen) atoms. The van der Waals surface area contributed by atoms with Gasteiger partial charge < -0.3 is 4.90 Å². The molecule has 1 fully saturated rings. The maximum atomic E-state index is 12.5. The number of likely N-dealkylation sites (tertiary alicyclic amines) is 1. The van der Waals surface area contributed by atoms with Crippen molar-refractivity contribution in [3.63, 3.8) is 0 Å². The van der Waals surface area contributed by atoms with Gasteiger partial charge in [-0.1, -0.05) is 36.7 Å². The summed E-state index contributed by atoms with van der Waals surface area (Å²) in [6.45, 7) is 7.20. The molecule has 6 heteroatoms. The number of nitrogens with zero attached hydrogens (tertiary/aromatic N) is 4. The van der Waals surface area contributed by atoms with Gasteiger partial charge >= 0.3 is 0 Å². The Morgan fingerprint density at radius 1 is 1.35 bits per heavy atom. The first-order valence-electron chi connectivity index (χ1n) is 7.87. The summed E-state index contributed by atoms with van der Waals surface area (Å²) in [5.41, 5.74) is 1.02. The molecular weight excluding hydrogens is 312 g/mol. The molecule has 0 spiro atoms. The second-order valence-corrected chi connectivity index (χ2v) is 6.65. The summed E-state index contributed by atoms with van der Waals surface area (Å²) in [5, 5.41) is 5.12. The monoisotopic (exact) mass is 332 g/mol. The van der Waals surface area contributed by atoms with Crippen LogP contribution in [-0.4, -0.2) is 38.7 Å². The Hall–Kier alpha value is -1.88. The number of carbonyl (C=O) groups excluding carboxylic acids is 1. The van der Waals surface area contributed by atoms with Crippen LogP contribution in [0, 0.1) is 19.8 Å². The molecule has 1 saturated heterocycles. The molecule has 1 aliphatic heterocycles. The third-order valence-corrected chi connectivity index (χ3v) is 4.70. The SMILES string of the molecule is Cc1nc(C)n(C2CN(C(=O)C(C)Cc3ccccc3Cl)C2)n1. The first kappa shape index (κ1) is 16.0. The molecule has 1 aromatic carbocycles. The van der Waals surface area contributed by atoms with Gasteiger partial charge in [-0.05, 0) is 31.9 Å². The van der Waals surface area contributed by atoms with Crippen LogP contribution in [-0.2, 0) is 11.2 Å². The summed E-state index contributed by atoms with van der Waals surface area (Å²) < 4.78 is 1.93. The summed E-state index contributed by atoms with van der Waals surface area (Å²) in [6.07, 6.45) is 0.668. The largest absolute Gasteiger partial charge is 0.338 e. The van der Waals surface area contributed by atoms with Crippen LogP contribution >= 0.6 is 11.6 Å². The van der Waals surface area contributed by atoms with Crippen molar-refractivity contribution in [1.29, 1.82) is 0 Å². The predicted molar refractivity (Wildman–Crippen MR) is 89.4 cm³/mol. The van der Waals surface area contributed by atoms with E-state index in [2.05, 4.69) is 10.1 Å². The van der Waals surface area contributed by atoms with Gasteiger partial charge in [0.15, 0.2) is 0 Å². The molecule has 3 rings (SSSR count). The van der Waals surface area contributed by atoms with Crippen molar-refractivity contribution in [2.75, 3.05) is 13.1 Å². The molecule has 0 bridgehead atoms. The van der Waals surface area contributed by atoms with E-state index in [4.69, 9.17) is 11.6 Å². The number of amides is 1. The number of aromatic nitrogens is 3. The highest BCUT2D eigenvalue weighted by Gasteiger charge is 2.35. The molecule has 1 atom stereocenters. The molecule has 1 aromatic heterocycles. The first-order valence-corrected chi connectivity index (χ1v) is 8.25. The van der Waals surface area contributed by atoms with Crippen molar-refractivity contribution < 1.29 is 4.79 Å². The van der Waals surface area contributed by atoms with E-state index in [9.17, 15) is 4.79 Å². The number of benzene rings is 1. The highest BCUT2D eigenvalue weighted by molar-refractivity contribution is 6.31. The van der Waals surface area contributed by atoms with Crippen molar-refractivity contribution in [3.05, 3.63) is 46.5 Å². The van der Waals surface area contributed by atoms with Gasteiger partial charge in [0.2, 0.25) is 5.91 Å². The van der Waals surface area contributed by atoms with E-state index in [-0.39, 0.29) is 17.9 Å². The molecule has 1 amide bonds. The van der Waals surface area contributed by atoms with Crippen molar-refractivity contribution in [3.8, 4) is 0 Å². The van der Waals surface area contributed by atoms with Crippen LogP contribution in [0.3, 0.4) is 0 Å². The zero-order chi connectivity index (χ0) is 16.6. The predicted octanol–water partition coefficient (Wildman–Crippen LogP) is 2.81. The summed E-state index contributed by atoms with van der Waals surface area (Å²) in [6, 6.07) is 7.94. The van der Waals surface area contributed by atoms with E-state index in [1.54, 1.807) is 0 Å². The zero-order valence-electron chi connectivity index (χ0n) is 13.7. The van der Waals surface area contributed by atoms with Crippen LogP contribution in [0.5, 0.6) is 0 Å². The first-order chi connectivity index (χ1) is 11.0. The van der Waals surface area contributed by atoms with Crippen LogP contribution in [0.1, 0.15) is 30.2 Å². The lowest BCUT2D eigenvalue weighted by Crippen LogP contribution is -2.53. The van der Waals surface area contributed by atoms with Gasteiger partial charge in [-0.25, -0.2) is 9.67 Å². The van der Waals surface area contributed by atoms with Crippen LogP contribution in [0.15, 0.2) is 24.3 Å². The quantitative estimate of drug-likeness (QED) is 0.865. The molecule has 5 nitrogen and oxygen atoms in total. The molecule has 0 N–H and O–H groups in total. The van der Waals surface area contributed by atoms with Crippen LogP contribution < -0.4 is 0 Å². The van der Waals surface area contributed by atoms with Gasteiger partial charge in [0.05, 0.1) is 6.04 Å². The van der Waals surface area contributed by atoms with E-state index >= 15 is 0 Å². The number of hydrogen-bond donors (Lipinski definition) is 0.